The monoisotopic (exact) mass is 187 g/mol. The molecular formula is H10BrNSi3. The molecule has 0 aromatic rings. The van der Waals surface area contributed by atoms with Gasteiger partial charge >= 0.3 is 0 Å². The van der Waals surface area contributed by atoms with E-state index in [1.165, 1.54) is 31.2 Å². The van der Waals surface area contributed by atoms with Gasteiger partial charge in [-0.15, -0.1) is 0 Å². The lowest BCUT2D eigenvalue weighted by Gasteiger charge is -1.94. The van der Waals surface area contributed by atoms with E-state index in [9.17, 15) is 0 Å². The molecule has 0 aliphatic rings. The van der Waals surface area contributed by atoms with Gasteiger partial charge in [-0.05, 0) is 0 Å². The van der Waals surface area contributed by atoms with Crippen LogP contribution in [0, 0.1) is 0 Å². The molecule has 34 valence electrons. The third-order valence-corrected chi connectivity index (χ3v) is 0. The smallest absolute Gasteiger partial charge is 0.203 e. The highest BCUT2D eigenvalue weighted by molar-refractivity contribution is 6.24. The predicted molar refractivity (Wildman–Crippen MR) is 30.8 cm³/mol. The second kappa shape index (κ2) is 5.09. The molecule has 0 atom stereocenters. The van der Waals surface area contributed by atoms with Crippen molar-refractivity contribution in [3.05, 3.63) is 0 Å². The van der Waals surface area contributed by atoms with E-state index in [1.54, 1.807) is 0 Å². The summed E-state index contributed by atoms with van der Waals surface area (Å²) in [4.78, 5) is 0. The van der Waals surface area contributed by atoms with E-state index < -0.39 is 0 Å². The molecule has 0 saturated heterocycles. The Bertz CT molecular complexity index is 11.6. The second-order valence-electron chi connectivity index (χ2n) is 1.50. The van der Waals surface area contributed by atoms with E-state index in [2.05, 4.69) is 0 Å². The quantitative estimate of drug-likeness (QED) is 0.360. The zero-order valence-corrected chi connectivity index (χ0v) is 11.5. The Labute approximate surface area is 52.4 Å². The Morgan fingerprint density at radius 3 is 1.00 bits per heavy atom. The van der Waals surface area contributed by atoms with Gasteiger partial charge in [0.25, 0.3) is 0 Å². The van der Waals surface area contributed by atoms with E-state index in [0.29, 0.717) is 0 Å². The summed E-state index contributed by atoms with van der Waals surface area (Å²) >= 11 is 0. The molecule has 0 aliphatic heterocycles. The summed E-state index contributed by atoms with van der Waals surface area (Å²) in [5.41, 5.74) is 0. The van der Waals surface area contributed by atoms with Gasteiger partial charge in [0.05, 0.1) is 0 Å². The van der Waals surface area contributed by atoms with Crippen LogP contribution in [0.5, 0.6) is 0 Å². The fourth-order valence-electron chi connectivity index (χ4n) is 0. The summed E-state index contributed by atoms with van der Waals surface area (Å²) in [6.45, 7) is 0. The second-order valence-corrected chi connectivity index (χ2v) is 13.5. The number of halogens is 1. The van der Waals surface area contributed by atoms with E-state index in [-0.39, 0.29) is 17.0 Å². The Morgan fingerprint density at radius 2 is 1.00 bits per heavy atom. The normalized spacial score (nSPS) is 14.4. The maximum atomic E-state index is 1.83. The molecule has 0 radical (unpaired) electrons. The van der Waals surface area contributed by atoms with Crippen molar-refractivity contribution in [3.8, 4) is 0 Å². The maximum absolute atomic E-state index is 1.83. The molecule has 0 amide bonds. The molecule has 5 heavy (non-hydrogen) atoms. The molecule has 0 saturated carbocycles. The Hall–Kier alpha value is 1.09. The van der Waals surface area contributed by atoms with Gasteiger partial charge in [-0.25, -0.2) is 0 Å². The van der Waals surface area contributed by atoms with Crippen molar-refractivity contribution in [1.82, 2.24) is 0 Å². The third-order valence-electron chi connectivity index (χ3n) is 0. The van der Waals surface area contributed by atoms with Gasteiger partial charge < -0.3 is 20.9 Å². The first-order valence-corrected chi connectivity index (χ1v) is 4.50. The van der Waals surface area contributed by atoms with E-state index >= 15 is 0 Å². The minimum Gasteiger partial charge on any atom is -1.00 e. The molecule has 0 aromatic carbocycles. The van der Waals surface area contributed by atoms with Gasteiger partial charge in [0.2, 0.25) is 31.2 Å². The Kier molecular flexibility index (Phi) is 9.60. The standard InChI is InChI=1S/BrH.H10NSi3/c;2-1(3)4/h1H;1H,2-4H3/q;+1/p-1. The molecule has 0 fully saturated rings. The summed E-state index contributed by atoms with van der Waals surface area (Å²) in [6, 6.07) is 0. The van der Waals surface area contributed by atoms with Crippen molar-refractivity contribution >= 4 is 31.2 Å². The summed E-state index contributed by atoms with van der Waals surface area (Å²) < 4.78 is 1.83. The molecule has 0 spiro atoms. The molecule has 0 aromatic heterocycles. The van der Waals surface area contributed by atoms with Gasteiger partial charge in [-0.1, -0.05) is 0 Å². The zero-order valence-electron chi connectivity index (χ0n) is 3.88. The van der Waals surface area contributed by atoms with Crippen LogP contribution in [0.2, 0.25) is 0 Å². The first-order chi connectivity index (χ1) is 1.73. The highest BCUT2D eigenvalue weighted by Gasteiger charge is 1.60. The molecule has 0 aliphatic carbocycles. The summed E-state index contributed by atoms with van der Waals surface area (Å²) in [5.74, 6) is 0. The molecule has 5 heteroatoms. The van der Waals surface area contributed by atoms with Crippen molar-refractivity contribution in [2.45, 2.75) is 0 Å². The first-order valence-electron chi connectivity index (χ1n) is 1.50. The minimum absolute atomic E-state index is 0. The summed E-state index contributed by atoms with van der Waals surface area (Å²) in [7, 11) is 4.17. The van der Waals surface area contributed by atoms with E-state index in [4.69, 9.17) is 0 Å². The van der Waals surface area contributed by atoms with Gasteiger partial charge in [-0.2, -0.15) is 0 Å². The minimum atomic E-state index is 0. The van der Waals surface area contributed by atoms with Crippen LogP contribution in [-0.4, -0.2) is 31.2 Å². The number of quaternary nitrogens is 1. The van der Waals surface area contributed by atoms with Crippen molar-refractivity contribution < 1.29 is 20.9 Å². The van der Waals surface area contributed by atoms with E-state index in [0.717, 1.165) is 0 Å². The average molecular weight is 188 g/mol. The van der Waals surface area contributed by atoms with Gasteiger partial charge in [-0.3, -0.25) is 0 Å². The highest BCUT2D eigenvalue weighted by Crippen LogP contribution is 0.737. The molecule has 1 nitrogen and oxygen atoms in total. The lowest BCUT2D eigenvalue weighted by molar-refractivity contribution is -0.481. The van der Waals surface area contributed by atoms with Gasteiger partial charge in [0.1, 0.15) is 0 Å². The van der Waals surface area contributed by atoms with Gasteiger partial charge in [0.15, 0.2) is 0 Å². The van der Waals surface area contributed by atoms with Crippen molar-refractivity contribution in [1.29, 1.82) is 0 Å². The van der Waals surface area contributed by atoms with Crippen LogP contribution in [0.25, 0.3) is 0 Å². The fourth-order valence-corrected chi connectivity index (χ4v) is 0. The summed E-state index contributed by atoms with van der Waals surface area (Å²) in [6.07, 6.45) is 0. The number of hydrogen-bond acceptors (Lipinski definition) is 0. The largest absolute Gasteiger partial charge is 1.00 e. The average Bonchev–Trinajstić information content (AvgIpc) is 0.811. The van der Waals surface area contributed by atoms with Gasteiger partial charge in [0, 0.05) is 0 Å². The van der Waals surface area contributed by atoms with Crippen LogP contribution in [0.3, 0.4) is 0 Å². The van der Waals surface area contributed by atoms with Crippen LogP contribution in [0.15, 0.2) is 0 Å². The Morgan fingerprint density at radius 1 is 1.00 bits per heavy atom. The lowest BCUT2D eigenvalue weighted by atomic mass is 13.8. The van der Waals surface area contributed by atoms with Crippen LogP contribution >= 0.6 is 0 Å². The topological polar surface area (TPSA) is 4.44 Å². The SMILES string of the molecule is [Br-].[SiH3][NH+]([SiH3])[SiH3]. The van der Waals surface area contributed by atoms with Crippen LogP contribution in [-0.2, 0) is 0 Å². The highest BCUT2D eigenvalue weighted by atomic mass is 79.9. The maximum Gasteiger partial charge on any atom is 0.203 e. The van der Waals surface area contributed by atoms with E-state index in [1.807, 2.05) is 3.90 Å². The molecular weight excluding hydrogens is 178 g/mol. The summed E-state index contributed by atoms with van der Waals surface area (Å²) in [5, 5.41) is 0. The number of rotatable bonds is 0. The Balaban J connectivity index is 0. The fraction of sp³-hybridized carbons (Fsp3) is 0. The number of hydrogen-bond donors (Lipinski definition) is 1. The van der Waals surface area contributed by atoms with Crippen molar-refractivity contribution in [2.24, 2.45) is 0 Å². The molecule has 1 N–H and O–H groups in total. The molecule has 0 rings (SSSR count). The number of nitrogens with one attached hydrogen (secondary N) is 1. The predicted octanol–water partition coefficient (Wildman–Crippen LogP) is -8.28. The molecule has 0 unspecified atom stereocenters. The zero-order chi connectivity index (χ0) is 3.58. The van der Waals surface area contributed by atoms with Crippen LogP contribution in [0.4, 0.5) is 0 Å². The first kappa shape index (κ1) is 9.43. The molecule has 0 heterocycles. The van der Waals surface area contributed by atoms with Crippen LogP contribution < -0.4 is 20.9 Å². The third kappa shape index (κ3) is 40.9. The lowest BCUT2D eigenvalue weighted by Crippen LogP contribution is -3.07. The van der Waals surface area contributed by atoms with Crippen molar-refractivity contribution in [2.75, 3.05) is 0 Å². The van der Waals surface area contributed by atoms with Crippen LogP contribution in [0.1, 0.15) is 0 Å². The molecule has 0 bridgehead atoms. The van der Waals surface area contributed by atoms with Crippen molar-refractivity contribution in [3.63, 3.8) is 0 Å².